The van der Waals surface area contributed by atoms with Crippen LogP contribution < -0.4 is 5.73 Å². The Kier molecular flexibility index (Phi) is 4.54. The molecule has 1 amide bonds. The van der Waals surface area contributed by atoms with Crippen molar-refractivity contribution in [2.75, 3.05) is 14.1 Å². The highest BCUT2D eigenvalue weighted by Crippen LogP contribution is 2.21. The third-order valence-electron chi connectivity index (χ3n) is 2.90. The van der Waals surface area contributed by atoms with Gasteiger partial charge < -0.3 is 15.4 Å². The van der Waals surface area contributed by atoms with Crippen LogP contribution in [0.1, 0.15) is 32.6 Å². The lowest BCUT2D eigenvalue weighted by Crippen LogP contribution is -2.38. The summed E-state index contributed by atoms with van der Waals surface area (Å²) >= 11 is 0. The number of hydrogen-bond donors (Lipinski definition) is 1. The standard InChI is InChI=1S/C11H22N2O2/c1-8(11(14)13(2)3)15-10-6-4-9(12)5-7-10/h8-10H,4-7,12H2,1-3H3. The zero-order valence-corrected chi connectivity index (χ0v) is 9.90. The molecule has 1 saturated carbocycles. The Hall–Kier alpha value is -0.610. The van der Waals surface area contributed by atoms with E-state index in [1.54, 1.807) is 19.0 Å². The number of nitrogens with zero attached hydrogens (tertiary/aromatic N) is 1. The lowest BCUT2D eigenvalue weighted by atomic mass is 9.93. The van der Waals surface area contributed by atoms with Gasteiger partial charge >= 0.3 is 0 Å². The van der Waals surface area contributed by atoms with Crippen LogP contribution in [0.5, 0.6) is 0 Å². The SMILES string of the molecule is CC(OC1CCC(N)CC1)C(=O)N(C)C. The molecule has 0 radical (unpaired) electrons. The molecule has 1 aliphatic rings. The van der Waals surface area contributed by atoms with E-state index in [-0.39, 0.29) is 18.1 Å². The summed E-state index contributed by atoms with van der Waals surface area (Å²) < 4.78 is 5.72. The topological polar surface area (TPSA) is 55.6 Å². The zero-order chi connectivity index (χ0) is 11.4. The Balaban J connectivity index is 2.32. The average Bonchev–Trinajstić information content (AvgIpc) is 2.20. The third-order valence-corrected chi connectivity index (χ3v) is 2.90. The molecule has 1 fully saturated rings. The van der Waals surface area contributed by atoms with Crippen LogP contribution in [-0.4, -0.2) is 43.2 Å². The molecular formula is C11H22N2O2. The second-order valence-electron chi connectivity index (χ2n) is 4.55. The van der Waals surface area contributed by atoms with Crippen molar-refractivity contribution in [3.63, 3.8) is 0 Å². The Labute approximate surface area is 91.8 Å². The van der Waals surface area contributed by atoms with Crippen LogP contribution in [0.15, 0.2) is 0 Å². The Morgan fingerprint density at radius 3 is 2.33 bits per heavy atom. The van der Waals surface area contributed by atoms with Crippen molar-refractivity contribution in [3.05, 3.63) is 0 Å². The molecule has 1 rings (SSSR count). The molecular weight excluding hydrogens is 192 g/mol. The first-order valence-electron chi connectivity index (χ1n) is 5.63. The molecule has 0 aliphatic heterocycles. The average molecular weight is 214 g/mol. The number of amides is 1. The van der Waals surface area contributed by atoms with Gasteiger partial charge in [0.25, 0.3) is 5.91 Å². The minimum absolute atomic E-state index is 0.0323. The molecule has 2 N–H and O–H groups in total. The molecule has 0 aromatic heterocycles. The lowest BCUT2D eigenvalue weighted by molar-refractivity contribution is -0.144. The van der Waals surface area contributed by atoms with Gasteiger partial charge in [-0.15, -0.1) is 0 Å². The largest absolute Gasteiger partial charge is 0.365 e. The molecule has 1 atom stereocenters. The first-order valence-corrected chi connectivity index (χ1v) is 5.63. The molecule has 1 aliphatic carbocycles. The maximum absolute atomic E-state index is 11.6. The van der Waals surface area contributed by atoms with E-state index in [0.29, 0.717) is 6.04 Å². The molecule has 4 heteroatoms. The van der Waals surface area contributed by atoms with Gasteiger partial charge in [-0.25, -0.2) is 0 Å². The van der Waals surface area contributed by atoms with E-state index in [9.17, 15) is 4.79 Å². The van der Waals surface area contributed by atoms with Gasteiger partial charge in [-0.1, -0.05) is 0 Å². The van der Waals surface area contributed by atoms with Gasteiger partial charge in [0.2, 0.25) is 0 Å². The number of rotatable bonds is 3. The molecule has 88 valence electrons. The second kappa shape index (κ2) is 5.47. The number of carbonyl (C=O) groups is 1. The second-order valence-corrected chi connectivity index (χ2v) is 4.55. The van der Waals surface area contributed by atoms with Crippen molar-refractivity contribution in [2.24, 2.45) is 5.73 Å². The summed E-state index contributed by atoms with van der Waals surface area (Å²) in [4.78, 5) is 13.1. The summed E-state index contributed by atoms with van der Waals surface area (Å²) in [5.74, 6) is 0.0323. The van der Waals surface area contributed by atoms with E-state index in [1.807, 2.05) is 6.92 Å². The normalized spacial score (nSPS) is 28.5. The van der Waals surface area contributed by atoms with Crippen molar-refractivity contribution in [1.29, 1.82) is 0 Å². The van der Waals surface area contributed by atoms with E-state index >= 15 is 0 Å². The number of carbonyl (C=O) groups excluding carboxylic acids is 1. The fraction of sp³-hybridized carbons (Fsp3) is 0.909. The molecule has 0 aromatic carbocycles. The fourth-order valence-electron chi connectivity index (χ4n) is 1.94. The van der Waals surface area contributed by atoms with Gasteiger partial charge in [0.1, 0.15) is 6.10 Å². The first-order chi connectivity index (χ1) is 7.00. The highest BCUT2D eigenvalue weighted by atomic mass is 16.5. The van der Waals surface area contributed by atoms with Crippen molar-refractivity contribution >= 4 is 5.91 Å². The molecule has 0 heterocycles. The van der Waals surface area contributed by atoms with Gasteiger partial charge in [-0.05, 0) is 32.6 Å². The Bertz CT molecular complexity index is 211. The third kappa shape index (κ3) is 3.80. The molecule has 15 heavy (non-hydrogen) atoms. The van der Waals surface area contributed by atoms with E-state index in [2.05, 4.69) is 0 Å². The molecule has 4 nitrogen and oxygen atoms in total. The molecule has 0 bridgehead atoms. The van der Waals surface area contributed by atoms with Crippen LogP contribution in [0.25, 0.3) is 0 Å². The van der Waals surface area contributed by atoms with Crippen molar-refractivity contribution < 1.29 is 9.53 Å². The Morgan fingerprint density at radius 1 is 1.33 bits per heavy atom. The van der Waals surface area contributed by atoms with Gasteiger partial charge in [-0.3, -0.25) is 4.79 Å². The molecule has 1 unspecified atom stereocenters. The predicted molar refractivity (Wildman–Crippen MR) is 59.5 cm³/mol. The summed E-state index contributed by atoms with van der Waals surface area (Å²) in [6.07, 6.45) is 3.85. The van der Waals surface area contributed by atoms with Crippen LogP contribution >= 0.6 is 0 Å². The van der Waals surface area contributed by atoms with Crippen molar-refractivity contribution in [2.45, 2.75) is 50.9 Å². The van der Waals surface area contributed by atoms with Gasteiger partial charge in [0, 0.05) is 20.1 Å². The van der Waals surface area contributed by atoms with Crippen LogP contribution in [0, 0.1) is 0 Å². The quantitative estimate of drug-likeness (QED) is 0.754. The monoisotopic (exact) mass is 214 g/mol. The van der Waals surface area contributed by atoms with Crippen LogP contribution in [-0.2, 0) is 9.53 Å². The minimum Gasteiger partial charge on any atom is -0.365 e. The Morgan fingerprint density at radius 2 is 1.87 bits per heavy atom. The molecule has 0 spiro atoms. The molecule has 0 saturated heterocycles. The fourth-order valence-corrected chi connectivity index (χ4v) is 1.94. The summed E-state index contributed by atoms with van der Waals surface area (Å²) in [5, 5.41) is 0. The van der Waals surface area contributed by atoms with E-state index in [4.69, 9.17) is 10.5 Å². The number of hydrogen-bond acceptors (Lipinski definition) is 3. The van der Waals surface area contributed by atoms with Gasteiger partial charge in [0.05, 0.1) is 6.10 Å². The summed E-state index contributed by atoms with van der Waals surface area (Å²) in [6, 6.07) is 0.324. The number of likely N-dealkylation sites (N-methyl/N-ethyl adjacent to an activating group) is 1. The first kappa shape index (κ1) is 12.5. The van der Waals surface area contributed by atoms with Crippen LogP contribution in [0.2, 0.25) is 0 Å². The highest BCUT2D eigenvalue weighted by Gasteiger charge is 2.24. The highest BCUT2D eigenvalue weighted by molar-refractivity contribution is 5.79. The van der Waals surface area contributed by atoms with Gasteiger partial charge in [0.15, 0.2) is 0 Å². The number of ether oxygens (including phenoxy) is 1. The van der Waals surface area contributed by atoms with E-state index < -0.39 is 0 Å². The summed E-state index contributed by atoms with van der Waals surface area (Å²) in [7, 11) is 3.50. The molecule has 0 aromatic rings. The smallest absolute Gasteiger partial charge is 0.250 e. The van der Waals surface area contributed by atoms with E-state index in [1.165, 1.54) is 0 Å². The summed E-state index contributed by atoms with van der Waals surface area (Å²) in [5.41, 5.74) is 5.81. The van der Waals surface area contributed by atoms with Crippen molar-refractivity contribution in [1.82, 2.24) is 4.90 Å². The maximum atomic E-state index is 11.6. The van der Waals surface area contributed by atoms with Crippen LogP contribution in [0.3, 0.4) is 0 Å². The minimum atomic E-state index is -0.334. The van der Waals surface area contributed by atoms with Crippen molar-refractivity contribution in [3.8, 4) is 0 Å². The van der Waals surface area contributed by atoms with E-state index in [0.717, 1.165) is 25.7 Å². The predicted octanol–water partition coefficient (Wildman–Crippen LogP) is 0.750. The van der Waals surface area contributed by atoms with Crippen LogP contribution in [0.4, 0.5) is 0 Å². The summed E-state index contributed by atoms with van der Waals surface area (Å²) in [6.45, 7) is 1.82. The maximum Gasteiger partial charge on any atom is 0.250 e. The van der Waals surface area contributed by atoms with Gasteiger partial charge in [-0.2, -0.15) is 0 Å². The number of nitrogens with two attached hydrogens (primary N) is 1. The lowest BCUT2D eigenvalue weighted by Gasteiger charge is -2.29. The zero-order valence-electron chi connectivity index (χ0n) is 9.90.